The van der Waals surface area contributed by atoms with Gasteiger partial charge in [-0.2, -0.15) is 5.26 Å². The molecule has 0 unspecified atom stereocenters. The third-order valence-electron chi connectivity index (χ3n) is 3.67. The largest absolute Gasteiger partial charge is 0.350 e. The van der Waals surface area contributed by atoms with E-state index in [0.29, 0.717) is 27.2 Å². The van der Waals surface area contributed by atoms with Gasteiger partial charge in [0.2, 0.25) is 5.43 Å². The Bertz CT molecular complexity index is 1050. The number of amides is 1. The van der Waals surface area contributed by atoms with Gasteiger partial charge in [0, 0.05) is 29.3 Å². The summed E-state index contributed by atoms with van der Waals surface area (Å²) in [6.45, 7) is 0. The van der Waals surface area contributed by atoms with Crippen molar-refractivity contribution in [1.29, 1.82) is 5.26 Å². The standard InChI is InChI=1S/C18H12ClN3O2/c1-22-10-15(17(23)14-8-12(19)4-7-16(14)22)18(24)21-13-5-2-11(9-20)3-6-13/h2-8,10H,1H3,(H,21,24). The first kappa shape index (κ1) is 15.8. The van der Waals surface area contributed by atoms with Crippen molar-refractivity contribution in [3.8, 4) is 6.07 Å². The molecule has 3 rings (SSSR count). The number of anilines is 1. The van der Waals surface area contributed by atoms with Gasteiger partial charge < -0.3 is 9.88 Å². The molecule has 1 heterocycles. The summed E-state index contributed by atoms with van der Waals surface area (Å²) in [6.07, 6.45) is 1.50. The Balaban J connectivity index is 2.02. The second kappa shape index (κ2) is 6.19. The van der Waals surface area contributed by atoms with E-state index in [1.54, 1.807) is 54.1 Å². The zero-order valence-electron chi connectivity index (χ0n) is 12.7. The Labute approximate surface area is 142 Å². The summed E-state index contributed by atoms with van der Waals surface area (Å²) in [5, 5.41) is 12.3. The highest BCUT2D eigenvalue weighted by Crippen LogP contribution is 2.17. The minimum atomic E-state index is -0.512. The molecule has 0 aliphatic carbocycles. The number of nitrogens with zero attached hydrogens (tertiary/aromatic N) is 2. The highest BCUT2D eigenvalue weighted by molar-refractivity contribution is 6.31. The maximum absolute atomic E-state index is 12.6. The van der Waals surface area contributed by atoms with Crippen LogP contribution in [0.5, 0.6) is 0 Å². The highest BCUT2D eigenvalue weighted by atomic mass is 35.5. The van der Waals surface area contributed by atoms with Crippen LogP contribution in [0.15, 0.2) is 53.5 Å². The van der Waals surface area contributed by atoms with Gasteiger partial charge in [-0.25, -0.2) is 0 Å². The van der Waals surface area contributed by atoms with E-state index < -0.39 is 5.91 Å². The van der Waals surface area contributed by atoms with Crippen LogP contribution in [0.25, 0.3) is 10.9 Å². The van der Waals surface area contributed by atoms with E-state index in [-0.39, 0.29) is 11.0 Å². The van der Waals surface area contributed by atoms with Crippen molar-refractivity contribution >= 4 is 34.1 Å². The lowest BCUT2D eigenvalue weighted by molar-refractivity contribution is 0.102. The van der Waals surface area contributed by atoms with Crippen molar-refractivity contribution < 1.29 is 4.79 Å². The molecule has 0 radical (unpaired) electrons. The van der Waals surface area contributed by atoms with Crippen molar-refractivity contribution in [2.75, 3.05) is 5.32 Å². The summed E-state index contributed by atoms with van der Waals surface area (Å²) in [5.74, 6) is -0.512. The molecule has 1 aromatic heterocycles. The molecule has 0 aliphatic heterocycles. The van der Waals surface area contributed by atoms with Crippen molar-refractivity contribution in [1.82, 2.24) is 4.57 Å². The molecule has 24 heavy (non-hydrogen) atoms. The average Bonchev–Trinajstić information content (AvgIpc) is 2.58. The van der Waals surface area contributed by atoms with E-state index in [0.717, 1.165) is 0 Å². The molecule has 6 heteroatoms. The Hall–Kier alpha value is -3.10. The average molecular weight is 338 g/mol. The lowest BCUT2D eigenvalue weighted by Gasteiger charge is -2.10. The van der Waals surface area contributed by atoms with Crippen LogP contribution in [0, 0.1) is 11.3 Å². The molecule has 0 fully saturated rings. The molecule has 0 aliphatic rings. The highest BCUT2D eigenvalue weighted by Gasteiger charge is 2.15. The van der Waals surface area contributed by atoms with Gasteiger partial charge in [-0.3, -0.25) is 9.59 Å². The number of aryl methyl sites for hydroxylation is 1. The number of benzene rings is 2. The number of rotatable bonds is 2. The molecule has 0 saturated carbocycles. The van der Waals surface area contributed by atoms with Crippen molar-refractivity contribution in [3.05, 3.63) is 75.0 Å². The zero-order chi connectivity index (χ0) is 17.3. The lowest BCUT2D eigenvalue weighted by Crippen LogP contribution is -2.23. The van der Waals surface area contributed by atoms with E-state index in [1.807, 2.05) is 6.07 Å². The van der Waals surface area contributed by atoms with Crippen molar-refractivity contribution in [2.24, 2.45) is 7.05 Å². The minimum Gasteiger partial charge on any atom is -0.350 e. The smallest absolute Gasteiger partial charge is 0.261 e. The van der Waals surface area contributed by atoms with Gasteiger partial charge in [-0.05, 0) is 42.5 Å². The summed E-state index contributed by atoms with van der Waals surface area (Å²) in [4.78, 5) is 25.0. The van der Waals surface area contributed by atoms with E-state index >= 15 is 0 Å². The fourth-order valence-electron chi connectivity index (χ4n) is 2.45. The number of fused-ring (bicyclic) bond motifs is 1. The third-order valence-corrected chi connectivity index (χ3v) is 3.90. The molecule has 2 aromatic carbocycles. The summed E-state index contributed by atoms with van der Waals surface area (Å²) in [6, 6.07) is 13.4. The van der Waals surface area contributed by atoms with Crippen LogP contribution in [0.3, 0.4) is 0 Å². The number of halogens is 1. The van der Waals surface area contributed by atoms with Gasteiger partial charge in [-0.1, -0.05) is 11.6 Å². The molecule has 0 spiro atoms. The Morgan fingerprint density at radius 2 is 1.92 bits per heavy atom. The second-order valence-electron chi connectivity index (χ2n) is 5.29. The first-order valence-electron chi connectivity index (χ1n) is 7.10. The number of nitrogens with one attached hydrogen (secondary N) is 1. The number of aromatic nitrogens is 1. The van der Waals surface area contributed by atoms with Crippen molar-refractivity contribution in [3.63, 3.8) is 0 Å². The summed E-state index contributed by atoms with van der Waals surface area (Å²) in [7, 11) is 1.76. The number of nitriles is 1. The first-order chi connectivity index (χ1) is 11.5. The number of hydrogen-bond acceptors (Lipinski definition) is 3. The Morgan fingerprint density at radius 3 is 2.58 bits per heavy atom. The molecule has 0 saturated heterocycles. The summed E-state index contributed by atoms with van der Waals surface area (Å²) in [5.41, 5.74) is 1.34. The monoisotopic (exact) mass is 337 g/mol. The number of carbonyl (C=O) groups excluding carboxylic acids is 1. The van der Waals surface area contributed by atoms with Gasteiger partial charge in [0.1, 0.15) is 5.56 Å². The first-order valence-corrected chi connectivity index (χ1v) is 7.48. The molecule has 1 amide bonds. The van der Waals surface area contributed by atoms with Crippen LogP contribution < -0.4 is 10.7 Å². The van der Waals surface area contributed by atoms with Crippen LogP contribution in [-0.4, -0.2) is 10.5 Å². The SMILES string of the molecule is Cn1cc(C(=O)Nc2ccc(C#N)cc2)c(=O)c2cc(Cl)ccc21. The number of hydrogen-bond donors (Lipinski definition) is 1. The molecule has 3 aromatic rings. The Morgan fingerprint density at radius 1 is 1.21 bits per heavy atom. The van der Waals surface area contributed by atoms with E-state index in [1.165, 1.54) is 6.20 Å². The van der Waals surface area contributed by atoms with Gasteiger partial charge in [0.15, 0.2) is 0 Å². The third kappa shape index (κ3) is 2.87. The number of carbonyl (C=O) groups is 1. The molecule has 0 bridgehead atoms. The molecule has 1 N–H and O–H groups in total. The zero-order valence-corrected chi connectivity index (χ0v) is 13.5. The van der Waals surface area contributed by atoms with E-state index in [4.69, 9.17) is 16.9 Å². The van der Waals surface area contributed by atoms with Crippen molar-refractivity contribution in [2.45, 2.75) is 0 Å². The van der Waals surface area contributed by atoms with E-state index in [2.05, 4.69) is 5.32 Å². The molecule has 0 atom stereocenters. The normalized spacial score (nSPS) is 10.4. The van der Waals surface area contributed by atoms with Crippen LogP contribution in [0.2, 0.25) is 5.02 Å². The summed E-state index contributed by atoms with van der Waals surface area (Å²) >= 11 is 5.96. The van der Waals surface area contributed by atoms with Crippen LogP contribution >= 0.6 is 11.6 Å². The van der Waals surface area contributed by atoms with Crippen LogP contribution in [-0.2, 0) is 7.05 Å². The second-order valence-corrected chi connectivity index (χ2v) is 5.72. The molecule has 118 valence electrons. The Kier molecular flexibility index (Phi) is 4.07. The van der Waals surface area contributed by atoms with Gasteiger partial charge in [-0.15, -0.1) is 0 Å². The fourth-order valence-corrected chi connectivity index (χ4v) is 2.62. The molecule has 5 nitrogen and oxygen atoms in total. The predicted molar refractivity (Wildman–Crippen MR) is 93.3 cm³/mol. The summed E-state index contributed by atoms with van der Waals surface area (Å²) < 4.78 is 1.71. The minimum absolute atomic E-state index is 0.0247. The van der Waals surface area contributed by atoms with Gasteiger partial charge in [0.05, 0.1) is 17.1 Å². The van der Waals surface area contributed by atoms with Gasteiger partial charge >= 0.3 is 0 Å². The van der Waals surface area contributed by atoms with Crippen LogP contribution in [0.1, 0.15) is 15.9 Å². The lowest BCUT2D eigenvalue weighted by atomic mass is 10.1. The predicted octanol–water partition coefficient (Wildman–Crippen LogP) is 3.32. The maximum Gasteiger partial charge on any atom is 0.261 e. The quantitative estimate of drug-likeness (QED) is 0.779. The van der Waals surface area contributed by atoms with E-state index in [9.17, 15) is 9.59 Å². The van der Waals surface area contributed by atoms with Gasteiger partial charge in [0.25, 0.3) is 5.91 Å². The van der Waals surface area contributed by atoms with Crippen LogP contribution in [0.4, 0.5) is 5.69 Å². The maximum atomic E-state index is 12.6. The topological polar surface area (TPSA) is 74.9 Å². The molecular formula is C18H12ClN3O2. The molecular weight excluding hydrogens is 326 g/mol. The number of pyridine rings is 1. The fraction of sp³-hybridized carbons (Fsp3) is 0.0556.